The fourth-order valence-electron chi connectivity index (χ4n) is 2.60. The summed E-state index contributed by atoms with van der Waals surface area (Å²) in [4.78, 5) is 0.0876. The Hall–Kier alpha value is -3.16. The summed E-state index contributed by atoms with van der Waals surface area (Å²) in [6, 6.07) is 23.9. The molecule has 0 aliphatic heterocycles. The molecule has 4 heteroatoms. The molecule has 0 radical (unpaired) electrons. The first-order valence-electron chi connectivity index (χ1n) is 7.78. The van der Waals surface area contributed by atoms with Crippen LogP contribution in [0.25, 0.3) is 16.8 Å². The SMILES string of the molecule is N#CC(=Cc1cccc(OCc2cccc3ccccc23)c1)C(N)=S. The van der Waals surface area contributed by atoms with Crippen LogP contribution in [0.3, 0.4) is 0 Å². The standard InChI is InChI=1S/C21H16N2OS/c22-13-18(21(23)25)11-15-5-3-9-19(12-15)24-14-17-8-4-7-16-6-1-2-10-20(16)17/h1-12H,14H2,(H2,23,25). The van der Waals surface area contributed by atoms with Gasteiger partial charge in [0.25, 0.3) is 0 Å². The van der Waals surface area contributed by atoms with Gasteiger partial charge in [-0.1, -0.05) is 66.8 Å². The lowest BCUT2D eigenvalue weighted by Crippen LogP contribution is -2.09. The first-order chi connectivity index (χ1) is 12.2. The maximum atomic E-state index is 9.06. The lowest BCUT2D eigenvalue weighted by molar-refractivity contribution is 0.307. The molecule has 0 unspecified atom stereocenters. The van der Waals surface area contributed by atoms with Crippen molar-refractivity contribution in [1.29, 1.82) is 5.26 Å². The Morgan fingerprint density at radius 1 is 1.08 bits per heavy atom. The maximum absolute atomic E-state index is 9.06. The molecule has 0 aliphatic carbocycles. The Balaban J connectivity index is 1.81. The molecule has 0 aliphatic rings. The van der Waals surface area contributed by atoms with Crippen molar-refractivity contribution in [2.24, 2.45) is 5.73 Å². The van der Waals surface area contributed by atoms with E-state index in [0.717, 1.165) is 16.9 Å². The highest BCUT2D eigenvalue weighted by Crippen LogP contribution is 2.22. The number of benzene rings is 3. The van der Waals surface area contributed by atoms with Crippen molar-refractivity contribution >= 4 is 34.1 Å². The summed E-state index contributed by atoms with van der Waals surface area (Å²) in [5, 5.41) is 11.4. The summed E-state index contributed by atoms with van der Waals surface area (Å²) in [5.74, 6) is 0.724. The number of fused-ring (bicyclic) bond motifs is 1. The fraction of sp³-hybridized carbons (Fsp3) is 0.0476. The summed E-state index contributed by atoms with van der Waals surface area (Å²) in [6.07, 6.45) is 1.66. The normalized spacial score (nSPS) is 11.1. The summed E-state index contributed by atoms with van der Waals surface area (Å²) in [5.41, 5.74) is 7.75. The fourth-order valence-corrected chi connectivity index (χ4v) is 2.70. The zero-order chi connectivity index (χ0) is 17.6. The van der Waals surface area contributed by atoms with E-state index in [1.54, 1.807) is 6.08 Å². The van der Waals surface area contributed by atoms with Gasteiger partial charge in [0, 0.05) is 0 Å². The Morgan fingerprint density at radius 3 is 2.64 bits per heavy atom. The first kappa shape index (κ1) is 16.7. The van der Waals surface area contributed by atoms with E-state index in [4.69, 9.17) is 28.0 Å². The Labute approximate surface area is 152 Å². The predicted octanol–water partition coefficient (Wildman–Crippen LogP) is 4.61. The molecule has 0 saturated carbocycles. The van der Waals surface area contributed by atoms with Gasteiger partial charge in [0.2, 0.25) is 0 Å². The quantitative estimate of drug-likeness (QED) is 0.417. The van der Waals surface area contributed by atoms with Crippen molar-refractivity contribution in [2.75, 3.05) is 0 Å². The van der Waals surface area contributed by atoms with Crippen LogP contribution in [-0.2, 0) is 6.61 Å². The Kier molecular flexibility index (Phi) is 5.08. The van der Waals surface area contributed by atoms with Crippen LogP contribution in [0, 0.1) is 11.3 Å². The van der Waals surface area contributed by atoms with Gasteiger partial charge in [-0.05, 0) is 40.1 Å². The largest absolute Gasteiger partial charge is 0.489 e. The van der Waals surface area contributed by atoms with Gasteiger partial charge in [0.15, 0.2) is 0 Å². The third-order valence-corrected chi connectivity index (χ3v) is 4.05. The number of rotatable bonds is 5. The second kappa shape index (κ2) is 7.61. The molecule has 3 rings (SSSR count). The molecule has 0 heterocycles. The van der Waals surface area contributed by atoms with E-state index in [1.165, 1.54) is 10.8 Å². The van der Waals surface area contributed by atoms with Gasteiger partial charge in [-0.3, -0.25) is 0 Å². The molecule has 0 spiro atoms. The number of hydrogen-bond donors (Lipinski definition) is 1. The van der Waals surface area contributed by atoms with Crippen LogP contribution in [0.5, 0.6) is 5.75 Å². The molecule has 3 nitrogen and oxygen atoms in total. The molecule has 2 N–H and O–H groups in total. The zero-order valence-corrected chi connectivity index (χ0v) is 14.3. The van der Waals surface area contributed by atoms with Crippen LogP contribution < -0.4 is 10.5 Å². The number of hydrogen-bond acceptors (Lipinski definition) is 3. The molecule has 0 fully saturated rings. The molecule has 0 amide bonds. The number of nitrogens with zero attached hydrogens (tertiary/aromatic N) is 1. The number of nitriles is 1. The number of nitrogens with two attached hydrogens (primary N) is 1. The van der Waals surface area contributed by atoms with E-state index in [2.05, 4.69) is 24.3 Å². The van der Waals surface area contributed by atoms with Gasteiger partial charge in [0.05, 0.1) is 5.57 Å². The highest BCUT2D eigenvalue weighted by atomic mass is 32.1. The summed E-state index contributed by atoms with van der Waals surface area (Å²) < 4.78 is 5.94. The van der Waals surface area contributed by atoms with Crippen LogP contribution in [0.1, 0.15) is 11.1 Å². The van der Waals surface area contributed by atoms with E-state index in [-0.39, 0.29) is 10.6 Å². The average molecular weight is 344 g/mol. The van der Waals surface area contributed by atoms with Crippen molar-refractivity contribution in [3.63, 3.8) is 0 Å². The molecule has 0 bridgehead atoms. The van der Waals surface area contributed by atoms with Gasteiger partial charge in [-0.2, -0.15) is 5.26 Å². The predicted molar refractivity (Wildman–Crippen MR) is 105 cm³/mol. The van der Waals surface area contributed by atoms with Crippen molar-refractivity contribution in [1.82, 2.24) is 0 Å². The Morgan fingerprint density at radius 2 is 1.84 bits per heavy atom. The monoisotopic (exact) mass is 344 g/mol. The third-order valence-electron chi connectivity index (χ3n) is 3.83. The Bertz CT molecular complexity index is 997. The molecular formula is C21H16N2OS. The second-order valence-electron chi connectivity index (χ2n) is 5.53. The first-order valence-corrected chi connectivity index (χ1v) is 8.19. The minimum atomic E-state index is 0.0876. The van der Waals surface area contributed by atoms with E-state index in [1.807, 2.05) is 48.5 Å². The maximum Gasteiger partial charge on any atom is 0.120 e. The summed E-state index contributed by atoms with van der Waals surface area (Å²) >= 11 is 4.86. The molecule has 122 valence electrons. The highest BCUT2D eigenvalue weighted by Gasteiger charge is 2.03. The van der Waals surface area contributed by atoms with Gasteiger partial charge in [0.1, 0.15) is 23.4 Å². The van der Waals surface area contributed by atoms with Gasteiger partial charge in [-0.25, -0.2) is 0 Å². The molecule has 25 heavy (non-hydrogen) atoms. The van der Waals surface area contributed by atoms with Crippen molar-refractivity contribution < 1.29 is 4.74 Å². The summed E-state index contributed by atoms with van der Waals surface area (Å²) in [6.45, 7) is 0.467. The van der Waals surface area contributed by atoms with Gasteiger partial charge >= 0.3 is 0 Å². The minimum absolute atomic E-state index is 0.0876. The zero-order valence-electron chi connectivity index (χ0n) is 13.5. The van der Waals surface area contributed by atoms with Gasteiger partial charge in [-0.15, -0.1) is 0 Å². The van der Waals surface area contributed by atoms with Crippen molar-refractivity contribution in [3.05, 3.63) is 83.4 Å². The highest BCUT2D eigenvalue weighted by molar-refractivity contribution is 7.80. The van der Waals surface area contributed by atoms with Crippen LogP contribution >= 0.6 is 12.2 Å². The average Bonchev–Trinajstić information content (AvgIpc) is 2.64. The van der Waals surface area contributed by atoms with Crippen molar-refractivity contribution in [3.8, 4) is 11.8 Å². The second-order valence-corrected chi connectivity index (χ2v) is 5.97. The molecule has 0 aromatic heterocycles. The van der Waals surface area contributed by atoms with Crippen LogP contribution in [0.2, 0.25) is 0 Å². The lowest BCUT2D eigenvalue weighted by Gasteiger charge is -2.10. The van der Waals surface area contributed by atoms with Crippen LogP contribution in [0.4, 0.5) is 0 Å². The lowest BCUT2D eigenvalue weighted by atomic mass is 10.1. The number of ether oxygens (including phenoxy) is 1. The molecule has 0 atom stereocenters. The van der Waals surface area contributed by atoms with E-state index >= 15 is 0 Å². The van der Waals surface area contributed by atoms with E-state index in [0.29, 0.717) is 6.61 Å². The number of thiocarbonyl (C=S) groups is 1. The molecular weight excluding hydrogens is 328 g/mol. The molecule has 3 aromatic carbocycles. The molecule has 0 saturated heterocycles. The van der Waals surface area contributed by atoms with Crippen LogP contribution in [-0.4, -0.2) is 4.99 Å². The van der Waals surface area contributed by atoms with Crippen molar-refractivity contribution in [2.45, 2.75) is 6.61 Å². The van der Waals surface area contributed by atoms with E-state index in [9.17, 15) is 0 Å². The topological polar surface area (TPSA) is 59.0 Å². The molecule has 3 aromatic rings. The summed E-state index contributed by atoms with van der Waals surface area (Å²) in [7, 11) is 0. The smallest absolute Gasteiger partial charge is 0.120 e. The third kappa shape index (κ3) is 4.03. The minimum Gasteiger partial charge on any atom is -0.489 e. The van der Waals surface area contributed by atoms with E-state index < -0.39 is 0 Å². The van der Waals surface area contributed by atoms with Crippen LogP contribution in [0.15, 0.2) is 72.3 Å². The van der Waals surface area contributed by atoms with Gasteiger partial charge < -0.3 is 10.5 Å².